The van der Waals surface area contributed by atoms with Crippen molar-refractivity contribution in [3.63, 3.8) is 0 Å². The number of carbonyl (C=O) groups is 2. The van der Waals surface area contributed by atoms with E-state index >= 15 is 0 Å². The molecule has 3 aromatic carbocycles. The molecule has 1 aliphatic rings. The molecule has 4 heteroatoms. The molecule has 0 bridgehead atoms. The lowest BCUT2D eigenvalue weighted by Gasteiger charge is -2.37. The van der Waals surface area contributed by atoms with E-state index < -0.39 is 11.7 Å². The maximum absolute atomic E-state index is 12.7. The van der Waals surface area contributed by atoms with E-state index in [0.29, 0.717) is 11.5 Å². The van der Waals surface area contributed by atoms with Crippen molar-refractivity contribution in [3.8, 4) is 0 Å². The van der Waals surface area contributed by atoms with E-state index in [2.05, 4.69) is 65.6 Å². The van der Waals surface area contributed by atoms with Gasteiger partial charge in [0.2, 0.25) is 5.78 Å². The number of hydrogen-bond acceptors (Lipinski definition) is 3. The fraction of sp³-hybridized carbons (Fsp3) is 0.310. The van der Waals surface area contributed by atoms with Crippen LogP contribution in [-0.2, 0) is 4.79 Å². The highest BCUT2D eigenvalue weighted by Crippen LogP contribution is 2.29. The van der Waals surface area contributed by atoms with Crippen LogP contribution in [0.3, 0.4) is 0 Å². The first-order valence-corrected chi connectivity index (χ1v) is 11.8. The Morgan fingerprint density at radius 2 is 1.30 bits per heavy atom. The van der Waals surface area contributed by atoms with Gasteiger partial charge in [-0.05, 0) is 36.9 Å². The summed E-state index contributed by atoms with van der Waals surface area (Å²) in [5.41, 5.74) is 3.16. The number of Topliss-reactive ketones (excluding diaryl/α,β-unsaturated/α-hetero) is 1. The Bertz CT molecular complexity index is 989. The number of likely N-dealkylation sites (N-methyl/N-ethyl adjacent to an activating group) is 1. The van der Waals surface area contributed by atoms with Crippen LogP contribution in [0.15, 0.2) is 91.0 Å². The Labute approximate surface area is 196 Å². The standard InChI is InChI=1S/C29H32N2O2/c1-30(29(33)28(32)25-15-9-4-10-16-25)26-17-20-31(21-18-26)22-19-27(23-11-5-2-6-12-23)24-13-7-3-8-14-24/h2-16,26-27H,17-22H2,1H3. The van der Waals surface area contributed by atoms with Crippen LogP contribution in [0.2, 0.25) is 0 Å². The summed E-state index contributed by atoms with van der Waals surface area (Å²) >= 11 is 0. The predicted octanol–water partition coefficient (Wildman–Crippen LogP) is 5.01. The second kappa shape index (κ2) is 11.1. The van der Waals surface area contributed by atoms with Crippen molar-refractivity contribution in [2.24, 2.45) is 0 Å². The molecule has 3 aromatic rings. The second-order valence-corrected chi connectivity index (χ2v) is 8.85. The first kappa shape index (κ1) is 22.9. The summed E-state index contributed by atoms with van der Waals surface area (Å²) in [6, 6.07) is 30.4. The van der Waals surface area contributed by atoms with Gasteiger partial charge in [0.15, 0.2) is 0 Å². The summed E-state index contributed by atoms with van der Waals surface area (Å²) in [7, 11) is 1.77. The Hall–Kier alpha value is -3.24. The number of benzene rings is 3. The number of ketones is 1. The fourth-order valence-corrected chi connectivity index (χ4v) is 4.78. The molecule has 1 amide bonds. The SMILES string of the molecule is CN(C(=O)C(=O)c1ccccc1)C1CCN(CCC(c2ccccc2)c2ccccc2)CC1. The van der Waals surface area contributed by atoms with Crippen molar-refractivity contribution in [2.75, 3.05) is 26.7 Å². The van der Waals surface area contributed by atoms with Gasteiger partial charge in [0, 0.05) is 37.7 Å². The summed E-state index contributed by atoms with van der Waals surface area (Å²) < 4.78 is 0. The van der Waals surface area contributed by atoms with Gasteiger partial charge >= 0.3 is 0 Å². The predicted molar refractivity (Wildman–Crippen MR) is 132 cm³/mol. The van der Waals surface area contributed by atoms with Crippen LogP contribution in [0.1, 0.15) is 46.7 Å². The molecule has 0 radical (unpaired) electrons. The molecule has 4 nitrogen and oxygen atoms in total. The molecule has 1 fully saturated rings. The van der Waals surface area contributed by atoms with Gasteiger partial charge in [-0.3, -0.25) is 9.59 Å². The highest BCUT2D eigenvalue weighted by atomic mass is 16.2. The largest absolute Gasteiger partial charge is 0.336 e. The number of hydrogen-bond donors (Lipinski definition) is 0. The molecule has 0 aliphatic carbocycles. The van der Waals surface area contributed by atoms with Gasteiger partial charge in [0.1, 0.15) is 0 Å². The molecule has 0 saturated carbocycles. The van der Waals surface area contributed by atoms with Crippen molar-refractivity contribution in [1.82, 2.24) is 9.80 Å². The maximum Gasteiger partial charge on any atom is 0.294 e. The Balaban J connectivity index is 1.32. The Morgan fingerprint density at radius 3 is 1.82 bits per heavy atom. The second-order valence-electron chi connectivity index (χ2n) is 8.85. The molecule has 0 spiro atoms. The third-order valence-electron chi connectivity index (χ3n) is 6.79. The van der Waals surface area contributed by atoms with E-state index in [-0.39, 0.29) is 6.04 Å². The van der Waals surface area contributed by atoms with Crippen molar-refractivity contribution >= 4 is 11.7 Å². The number of likely N-dealkylation sites (tertiary alicyclic amines) is 1. The first-order chi connectivity index (χ1) is 16.1. The van der Waals surface area contributed by atoms with Gasteiger partial charge in [-0.15, -0.1) is 0 Å². The third-order valence-corrected chi connectivity index (χ3v) is 6.79. The van der Waals surface area contributed by atoms with Gasteiger partial charge < -0.3 is 9.80 Å². The average molecular weight is 441 g/mol. The van der Waals surface area contributed by atoms with E-state index in [1.54, 1.807) is 36.2 Å². The molecule has 0 unspecified atom stereocenters. The normalized spacial score (nSPS) is 14.8. The minimum Gasteiger partial charge on any atom is -0.336 e. The molecule has 0 atom stereocenters. The highest BCUT2D eigenvalue weighted by molar-refractivity contribution is 6.42. The monoisotopic (exact) mass is 440 g/mol. The molecule has 33 heavy (non-hydrogen) atoms. The van der Waals surface area contributed by atoms with Gasteiger partial charge in [-0.1, -0.05) is 91.0 Å². The molecule has 170 valence electrons. The minimum atomic E-state index is -0.422. The zero-order chi connectivity index (χ0) is 23.0. The quantitative estimate of drug-likeness (QED) is 0.365. The molecule has 4 rings (SSSR count). The molecule has 0 N–H and O–H groups in total. The number of nitrogens with zero attached hydrogens (tertiary/aromatic N) is 2. The molecule has 1 saturated heterocycles. The summed E-state index contributed by atoms with van der Waals surface area (Å²) in [4.78, 5) is 29.4. The average Bonchev–Trinajstić information content (AvgIpc) is 2.89. The van der Waals surface area contributed by atoms with E-state index in [1.165, 1.54) is 11.1 Å². The van der Waals surface area contributed by atoms with Gasteiger partial charge in [-0.2, -0.15) is 0 Å². The van der Waals surface area contributed by atoms with Crippen LogP contribution in [-0.4, -0.2) is 54.2 Å². The van der Waals surface area contributed by atoms with Crippen LogP contribution in [0.5, 0.6) is 0 Å². The summed E-state index contributed by atoms with van der Waals surface area (Å²) in [6.07, 6.45) is 2.84. The van der Waals surface area contributed by atoms with Gasteiger partial charge in [-0.25, -0.2) is 0 Å². The van der Waals surface area contributed by atoms with E-state index in [1.807, 2.05) is 6.07 Å². The lowest BCUT2D eigenvalue weighted by Crippen LogP contribution is -2.47. The number of piperidine rings is 1. The van der Waals surface area contributed by atoms with Crippen molar-refractivity contribution in [3.05, 3.63) is 108 Å². The van der Waals surface area contributed by atoms with Crippen LogP contribution in [0.25, 0.3) is 0 Å². The third kappa shape index (κ3) is 5.77. The highest BCUT2D eigenvalue weighted by Gasteiger charge is 2.29. The molecule has 1 heterocycles. The van der Waals surface area contributed by atoms with Crippen LogP contribution in [0.4, 0.5) is 0 Å². The smallest absolute Gasteiger partial charge is 0.294 e. The van der Waals surface area contributed by atoms with Crippen molar-refractivity contribution < 1.29 is 9.59 Å². The lowest BCUT2D eigenvalue weighted by atomic mass is 9.88. The minimum absolute atomic E-state index is 0.112. The number of rotatable bonds is 8. The van der Waals surface area contributed by atoms with Crippen molar-refractivity contribution in [1.29, 1.82) is 0 Å². The zero-order valence-electron chi connectivity index (χ0n) is 19.3. The molecular weight excluding hydrogens is 408 g/mol. The Kier molecular flexibility index (Phi) is 7.69. The summed E-state index contributed by atoms with van der Waals surface area (Å²) in [5.74, 6) is -0.458. The summed E-state index contributed by atoms with van der Waals surface area (Å²) in [6.45, 7) is 2.90. The van der Waals surface area contributed by atoms with E-state index in [0.717, 1.165) is 38.9 Å². The van der Waals surface area contributed by atoms with Crippen molar-refractivity contribution in [2.45, 2.75) is 31.2 Å². The van der Waals surface area contributed by atoms with Gasteiger partial charge in [0.25, 0.3) is 5.91 Å². The fourth-order valence-electron chi connectivity index (χ4n) is 4.78. The Morgan fingerprint density at radius 1 is 0.818 bits per heavy atom. The number of amides is 1. The van der Waals surface area contributed by atoms with E-state index in [9.17, 15) is 9.59 Å². The van der Waals surface area contributed by atoms with Gasteiger partial charge in [0.05, 0.1) is 0 Å². The number of carbonyl (C=O) groups excluding carboxylic acids is 2. The zero-order valence-corrected chi connectivity index (χ0v) is 19.3. The maximum atomic E-state index is 12.7. The summed E-state index contributed by atoms with van der Waals surface area (Å²) in [5, 5.41) is 0. The van der Waals surface area contributed by atoms with Crippen LogP contribution >= 0.6 is 0 Å². The van der Waals surface area contributed by atoms with Crippen LogP contribution in [0, 0.1) is 0 Å². The van der Waals surface area contributed by atoms with E-state index in [4.69, 9.17) is 0 Å². The first-order valence-electron chi connectivity index (χ1n) is 11.8. The topological polar surface area (TPSA) is 40.6 Å². The molecule has 1 aliphatic heterocycles. The molecular formula is C29H32N2O2. The van der Waals surface area contributed by atoms with Crippen LogP contribution < -0.4 is 0 Å². The lowest BCUT2D eigenvalue weighted by molar-refractivity contribution is -0.128. The molecule has 0 aromatic heterocycles.